The molecule has 1 aromatic heterocycles. The molecule has 1 aliphatic rings. The van der Waals surface area contributed by atoms with E-state index in [1.54, 1.807) is 0 Å². The molecule has 2 aromatic carbocycles. The third-order valence-corrected chi connectivity index (χ3v) is 6.79. The first kappa shape index (κ1) is 21.8. The number of piperidine rings is 1. The van der Waals surface area contributed by atoms with Crippen molar-refractivity contribution in [1.29, 1.82) is 0 Å². The van der Waals surface area contributed by atoms with Crippen LogP contribution in [0.2, 0.25) is 0 Å². The molecule has 1 atom stereocenters. The number of benzene rings is 2. The fourth-order valence-electron chi connectivity index (χ4n) is 4.92. The van der Waals surface area contributed by atoms with Crippen LogP contribution in [0.15, 0.2) is 36.4 Å². The number of aryl methyl sites for hydroxylation is 3. The molecule has 164 valence electrons. The highest BCUT2D eigenvalue weighted by Gasteiger charge is 2.24. The predicted octanol–water partition coefficient (Wildman–Crippen LogP) is 6.32. The summed E-state index contributed by atoms with van der Waals surface area (Å²) in [5.41, 5.74) is 6.41. The van der Waals surface area contributed by atoms with Gasteiger partial charge in [-0.3, -0.25) is 0 Å². The quantitative estimate of drug-likeness (QED) is 0.529. The van der Waals surface area contributed by atoms with Gasteiger partial charge in [-0.05, 0) is 102 Å². The van der Waals surface area contributed by atoms with Crippen LogP contribution in [0.25, 0.3) is 10.9 Å². The number of rotatable bonds is 5. The van der Waals surface area contributed by atoms with Crippen LogP contribution in [0, 0.1) is 20.8 Å². The highest BCUT2D eigenvalue weighted by molar-refractivity contribution is 5.90. The van der Waals surface area contributed by atoms with E-state index in [0.717, 1.165) is 22.5 Å². The highest BCUT2D eigenvalue weighted by Crippen LogP contribution is 2.35. The van der Waals surface area contributed by atoms with Gasteiger partial charge in [0.2, 0.25) is 0 Å². The van der Waals surface area contributed by atoms with Crippen molar-refractivity contribution in [2.45, 2.75) is 72.4 Å². The highest BCUT2D eigenvalue weighted by atomic mass is 15.1. The average Bonchev–Trinajstić information content (AvgIpc) is 2.73. The molecule has 0 bridgehead atoms. The van der Waals surface area contributed by atoms with E-state index in [9.17, 15) is 0 Å². The van der Waals surface area contributed by atoms with E-state index in [-0.39, 0.29) is 6.04 Å². The fourth-order valence-corrected chi connectivity index (χ4v) is 4.92. The lowest BCUT2D eigenvalue weighted by Gasteiger charge is -2.35. The molecule has 0 amide bonds. The van der Waals surface area contributed by atoms with Crippen molar-refractivity contribution in [3.05, 3.63) is 64.5 Å². The Morgan fingerprint density at radius 2 is 1.71 bits per heavy atom. The van der Waals surface area contributed by atoms with Gasteiger partial charge >= 0.3 is 0 Å². The van der Waals surface area contributed by atoms with E-state index in [1.165, 1.54) is 48.2 Å². The van der Waals surface area contributed by atoms with Crippen LogP contribution in [0.3, 0.4) is 0 Å². The molecular weight excluding hydrogens is 380 g/mol. The van der Waals surface area contributed by atoms with E-state index < -0.39 is 0 Å². The zero-order valence-corrected chi connectivity index (χ0v) is 19.9. The number of anilines is 1. The number of fused-ring (bicyclic) bond motifs is 1. The Balaban J connectivity index is 1.67. The molecule has 1 N–H and O–H groups in total. The second-order valence-corrected chi connectivity index (χ2v) is 9.53. The van der Waals surface area contributed by atoms with Crippen LogP contribution in [0.5, 0.6) is 0 Å². The van der Waals surface area contributed by atoms with Crippen LogP contribution in [-0.2, 0) is 0 Å². The summed E-state index contributed by atoms with van der Waals surface area (Å²) in [6.45, 7) is 15.5. The summed E-state index contributed by atoms with van der Waals surface area (Å²) >= 11 is 0. The third-order valence-electron chi connectivity index (χ3n) is 6.79. The predicted molar refractivity (Wildman–Crippen MR) is 131 cm³/mol. The third kappa shape index (κ3) is 4.74. The van der Waals surface area contributed by atoms with Gasteiger partial charge < -0.3 is 10.2 Å². The Bertz CT molecular complexity index is 1060. The topological polar surface area (TPSA) is 41.1 Å². The minimum Gasteiger partial charge on any atom is -0.363 e. The number of nitrogens with zero attached hydrogens (tertiary/aromatic N) is 3. The minimum atomic E-state index is 0.177. The number of hydrogen-bond acceptors (Lipinski definition) is 4. The summed E-state index contributed by atoms with van der Waals surface area (Å²) in [4.78, 5) is 12.2. The fraction of sp³-hybridized carbons (Fsp3) is 0.481. The van der Waals surface area contributed by atoms with Gasteiger partial charge in [0.05, 0.1) is 5.52 Å². The van der Waals surface area contributed by atoms with E-state index in [2.05, 4.69) is 81.2 Å². The average molecular weight is 417 g/mol. The largest absolute Gasteiger partial charge is 0.363 e. The molecule has 4 heteroatoms. The summed E-state index contributed by atoms with van der Waals surface area (Å²) in [5.74, 6) is 2.36. The molecule has 2 heterocycles. The maximum atomic E-state index is 4.81. The van der Waals surface area contributed by atoms with Crippen molar-refractivity contribution < 1.29 is 0 Å². The molecule has 31 heavy (non-hydrogen) atoms. The smallest absolute Gasteiger partial charge is 0.138 e. The van der Waals surface area contributed by atoms with Gasteiger partial charge in [0.1, 0.15) is 11.6 Å². The van der Waals surface area contributed by atoms with E-state index in [0.29, 0.717) is 12.0 Å². The summed E-state index contributed by atoms with van der Waals surface area (Å²) in [5, 5.41) is 4.82. The van der Waals surface area contributed by atoms with Crippen molar-refractivity contribution >= 4 is 16.7 Å². The molecule has 1 aliphatic heterocycles. The zero-order valence-electron chi connectivity index (χ0n) is 19.9. The molecule has 4 nitrogen and oxygen atoms in total. The first-order chi connectivity index (χ1) is 14.8. The van der Waals surface area contributed by atoms with E-state index in [1.807, 2.05) is 6.92 Å². The van der Waals surface area contributed by atoms with Crippen molar-refractivity contribution in [3.8, 4) is 0 Å². The summed E-state index contributed by atoms with van der Waals surface area (Å²) in [7, 11) is 0. The molecule has 1 saturated heterocycles. The molecule has 0 saturated carbocycles. The molecule has 4 rings (SSSR count). The first-order valence-corrected chi connectivity index (χ1v) is 11.7. The van der Waals surface area contributed by atoms with Crippen molar-refractivity contribution in [1.82, 2.24) is 14.9 Å². The lowest BCUT2D eigenvalue weighted by Crippen LogP contribution is -2.37. The second kappa shape index (κ2) is 8.96. The van der Waals surface area contributed by atoms with Crippen LogP contribution >= 0.6 is 0 Å². The molecular formula is C27H36N4. The van der Waals surface area contributed by atoms with Crippen molar-refractivity contribution in [2.24, 2.45) is 0 Å². The standard InChI is InChI=1S/C27H36N4/c1-17(2)31-12-10-22(11-13-31)24-16-25-26(15-19(24)4)29-21(6)30-27(25)28-20(5)23-9-7-8-18(3)14-23/h7-9,14-17,20,22H,10-13H2,1-6H3,(H,28,29,30)/t20-/m0/s1. The lowest BCUT2D eigenvalue weighted by molar-refractivity contribution is 0.172. The van der Waals surface area contributed by atoms with Crippen molar-refractivity contribution in [2.75, 3.05) is 18.4 Å². The Labute approximate surface area is 187 Å². The van der Waals surface area contributed by atoms with Crippen LogP contribution in [-0.4, -0.2) is 34.0 Å². The lowest BCUT2D eigenvalue weighted by atomic mass is 9.85. The Morgan fingerprint density at radius 1 is 0.968 bits per heavy atom. The second-order valence-electron chi connectivity index (χ2n) is 9.53. The molecule has 1 fully saturated rings. The number of nitrogens with one attached hydrogen (secondary N) is 1. The number of likely N-dealkylation sites (tertiary alicyclic amines) is 1. The molecule has 0 unspecified atom stereocenters. The van der Waals surface area contributed by atoms with Crippen LogP contribution in [0.1, 0.15) is 73.7 Å². The zero-order chi connectivity index (χ0) is 22.1. The minimum absolute atomic E-state index is 0.177. The maximum Gasteiger partial charge on any atom is 0.138 e. The Morgan fingerprint density at radius 3 is 2.39 bits per heavy atom. The number of hydrogen-bond donors (Lipinski definition) is 1. The van der Waals surface area contributed by atoms with Gasteiger partial charge in [0, 0.05) is 17.5 Å². The summed E-state index contributed by atoms with van der Waals surface area (Å²) in [6, 6.07) is 14.1. The Kier molecular flexibility index (Phi) is 6.29. The molecule has 0 spiro atoms. The monoisotopic (exact) mass is 416 g/mol. The normalized spacial score (nSPS) is 16.7. The Hall–Kier alpha value is -2.46. The maximum absolute atomic E-state index is 4.81. The van der Waals surface area contributed by atoms with Gasteiger partial charge in [0.15, 0.2) is 0 Å². The van der Waals surface area contributed by atoms with E-state index in [4.69, 9.17) is 9.97 Å². The van der Waals surface area contributed by atoms with Crippen LogP contribution < -0.4 is 5.32 Å². The van der Waals surface area contributed by atoms with Gasteiger partial charge in [-0.2, -0.15) is 0 Å². The van der Waals surface area contributed by atoms with Crippen molar-refractivity contribution in [3.63, 3.8) is 0 Å². The summed E-state index contributed by atoms with van der Waals surface area (Å²) < 4.78 is 0. The molecule has 0 aliphatic carbocycles. The molecule has 3 aromatic rings. The number of aromatic nitrogens is 2. The van der Waals surface area contributed by atoms with Gasteiger partial charge in [-0.15, -0.1) is 0 Å². The van der Waals surface area contributed by atoms with E-state index >= 15 is 0 Å². The van der Waals surface area contributed by atoms with Gasteiger partial charge in [0.25, 0.3) is 0 Å². The van der Waals surface area contributed by atoms with Gasteiger partial charge in [-0.25, -0.2) is 9.97 Å². The first-order valence-electron chi connectivity index (χ1n) is 11.7. The molecule has 0 radical (unpaired) electrons. The SMILES string of the molecule is Cc1cccc([C@H](C)Nc2nc(C)nc3cc(C)c(C4CCN(C(C)C)CC4)cc23)c1. The summed E-state index contributed by atoms with van der Waals surface area (Å²) in [6.07, 6.45) is 2.44. The van der Waals surface area contributed by atoms with Crippen LogP contribution in [0.4, 0.5) is 5.82 Å². The van der Waals surface area contributed by atoms with Gasteiger partial charge in [-0.1, -0.05) is 29.8 Å².